The molecule has 110 valence electrons. The molecule has 0 bridgehead atoms. The number of nitrogens with zero attached hydrogens (tertiary/aromatic N) is 1. The summed E-state index contributed by atoms with van der Waals surface area (Å²) in [5, 5.41) is 6.90. The topological polar surface area (TPSA) is 44.4 Å². The number of carbonyl (C=O) groups is 1. The minimum Gasteiger partial charge on any atom is -0.352 e. The first-order chi connectivity index (χ1) is 9.66. The van der Waals surface area contributed by atoms with Gasteiger partial charge >= 0.3 is 0 Å². The molecule has 1 aliphatic rings. The summed E-state index contributed by atoms with van der Waals surface area (Å²) in [5.74, 6) is -0.0522. The molecule has 0 atom stereocenters. The van der Waals surface area contributed by atoms with Crippen LogP contribution in [0.15, 0.2) is 18.2 Å². The molecule has 0 saturated carbocycles. The fraction of sp³-hybridized carbons (Fsp3) is 0.500. The van der Waals surface area contributed by atoms with E-state index in [4.69, 9.17) is 11.6 Å². The van der Waals surface area contributed by atoms with Crippen molar-refractivity contribution in [1.82, 2.24) is 15.5 Å². The molecule has 1 heterocycles. The molecule has 6 heteroatoms. The number of hydrogen-bond donors (Lipinski definition) is 2. The Bertz CT molecular complexity index is 464. The molecule has 1 aromatic carbocycles. The van der Waals surface area contributed by atoms with E-state index in [1.807, 2.05) is 6.07 Å². The maximum atomic E-state index is 12.0. The van der Waals surface area contributed by atoms with Gasteiger partial charge < -0.3 is 15.5 Å². The molecule has 1 fully saturated rings. The van der Waals surface area contributed by atoms with Gasteiger partial charge in [0.2, 0.25) is 0 Å². The Balaban J connectivity index is 1.70. The quantitative estimate of drug-likeness (QED) is 0.579. The predicted molar refractivity (Wildman–Crippen MR) is 90.4 cm³/mol. The first-order valence-electron chi connectivity index (χ1n) is 6.83. The van der Waals surface area contributed by atoms with Gasteiger partial charge in [0, 0.05) is 41.9 Å². The Morgan fingerprint density at radius 1 is 1.40 bits per heavy atom. The van der Waals surface area contributed by atoms with Crippen LogP contribution in [0.25, 0.3) is 0 Å². The van der Waals surface area contributed by atoms with E-state index in [2.05, 4.69) is 38.1 Å². The lowest BCUT2D eigenvalue weighted by Crippen LogP contribution is -2.44. The maximum Gasteiger partial charge on any atom is 0.251 e. The molecule has 2 N–H and O–H groups in total. The van der Waals surface area contributed by atoms with Crippen molar-refractivity contribution in [2.75, 3.05) is 39.3 Å². The number of halogens is 2. The smallest absolute Gasteiger partial charge is 0.251 e. The highest BCUT2D eigenvalue weighted by atomic mass is 127. The van der Waals surface area contributed by atoms with Crippen molar-refractivity contribution in [3.63, 3.8) is 0 Å². The zero-order valence-electron chi connectivity index (χ0n) is 11.3. The monoisotopic (exact) mass is 407 g/mol. The van der Waals surface area contributed by atoms with Crippen LogP contribution in [0.5, 0.6) is 0 Å². The van der Waals surface area contributed by atoms with Gasteiger partial charge in [0.05, 0.1) is 5.02 Å². The van der Waals surface area contributed by atoms with Crippen molar-refractivity contribution >= 4 is 40.1 Å². The van der Waals surface area contributed by atoms with Gasteiger partial charge in [0.15, 0.2) is 0 Å². The minimum absolute atomic E-state index is 0.0522. The van der Waals surface area contributed by atoms with E-state index in [9.17, 15) is 4.79 Å². The summed E-state index contributed by atoms with van der Waals surface area (Å²) in [5.41, 5.74) is 0.623. The second kappa shape index (κ2) is 8.17. The first kappa shape index (κ1) is 16.0. The van der Waals surface area contributed by atoms with Gasteiger partial charge in [-0.05, 0) is 53.8 Å². The van der Waals surface area contributed by atoms with Crippen LogP contribution < -0.4 is 10.6 Å². The number of nitrogens with one attached hydrogen (secondary N) is 2. The van der Waals surface area contributed by atoms with Crippen LogP contribution in [0.1, 0.15) is 16.8 Å². The highest BCUT2D eigenvalue weighted by Crippen LogP contribution is 2.19. The third-order valence-corrected chi connectivity index (χ3v) is 4.90. The predicted octanol–water partition coefficient (Wildman–Crippen LogP) is 1.97. The van der Waals surface area contributed by atoms with Crippen molar-refractivity contribution in [3.05, 3.63) is 32.4 Å². The van der Waals surface area contributed by atoms with Crippen molar-refractivity contribution < 1.29 is 4.79 Å². The van der Waals surface area contributed by atoms with Gasteiger partial charge in [-0.1, -0.05) is 11.6 Å². The molecule has 1 aliphatic heterocycles. The molecule has 1 aromatic rings. The minimum atomic E-state index is -0.0522. The lowest BCUT2D eigenvalue weighted by atomic mass is 10.2. The Morgan fingerprint density at radius 3 is 2.85 bits per heavy atom. The molecule has 0 aromatic heterocycles. The SMILES string of the molecule is O=C(NCCCN1CCNCC1)c1ccc(I)c(Cl)c1. The van der Waals surface area contributed by atoms with Crippen molar-refractivity contribution in [2.24, 2.45) is 0 Å². The van der Waals surface area contributed by atoms with Crippen molar-refractivity contribution in [2.45, 2.75) is 6.42 Å². The third-order valence-electron chi connectivity index (χ3n) is 3.33. The molecule has 0 aliphatic carbocycles. The summed E-state index contributed by atoms with van der Waals surface area (Å²) in [6.45, 7) is 6.06. The molecule has 20 heavy (non-hydrogen) atoms. The number of piperazine rings is 1. The second-order valence-electron chi connectivity index (χ2n) is 4.83. The Labute approximate surface area is 138 Å². The highest BCUT2D eigenvalue weighted by molar-refractivity contribution is 14.1. The van der Waals surface area contributed by atoms with Crippen molar-refractivity contribution in [3.8, 4) is 0 Å². The van der Waals surface area contributed by atoms with Crippen LogP contribution in [-0.4, -0.2) is 50.1 Å². The van der Waals surface area contributed by atoms with Crippen LogP contribution in [0, 0.1) is 3.57 Å². The summed E-state index contributed by atoms with van der Waals surface area (Å²) < 4.78 is 0.958. The molecule has 0 radical (unpaired) electrons. The van der Waals surface area contributed by atoms with Gasteiger partial charge in [-0.25, -0.2) is 0 Å². The van der Waals surface area contributed by atoms with Crippen LogP contribution in [-0.2, 0) is 0 Å². The average molecular weight is 408 g/mol. The summed E-state index contributed by atoms with van der Waals surface area (Å²) in [6, 6.07) is 5.38. The largest absolute Gasteiger partial charge is 0.352 e. The lowest BCUT2D eigenvalue weighted by molar-refractivity contribution is 0.0951. The average Bonchev–Trinajstić information content (AvgIpc) is 2.47. The summed E-state index contributed by atoms with van der Waals surface area (Å²) in [7, 11) is 0. The molecule has 4 nitrogen and oxygen atoms in total. The van der Waals surface area contributed by atoms with Crippen LogP contribution in [0.4, 0.5) is 0 Å². The number of hydrogen-bond acceptors (Lipinski definition) is 3. The fourth-order valence-corrected chi connectivity index (χ4v) is 2.69. The third kappa shape index (κ3) is 4.87. The summed E-state index contributed by atoms with van der Waals surface area (Å²) in [6.07, 6.45) is 0.976. The number of benzene rings is 1. The second-order valence-corrected chi connectivity index (χ2v) is 6.40. The van der Waals surface area contributed by atoms with E-state index in [1.54, 1.807) is 12.1 Å². The van der Waals surface area contributed by atoms with Gasteiger partial charge in [0.1, 0.15) is 0 Å². The molecule has 1 amide bonds. The van der Waals surface area contributed by atoms with E-state index >= 15 is 0 Å². The number of rotatable bonds is 5. The highest BCUT2D eigenvalue weighted by Gasteiger charge is 2.10. The zero-order chi connectivity index (χ0) is 14.4. The van der Waals surface area contributed by atoms with Gasteiger partial charge in [-0.3, -0.25) is 4.79 Å². The number of carbonyl (C=O) groups excluding carboxylic acids is 1. The zero-order valence-corrected chi connectivity index (χ0v) is 14.2. The number of amides is 1. The van der Waals surface area contributed by atoms with E-state index < -0.39 is 0 Å². The summed E-state index contributed by atoms with van der Waals surface area (Å²) >= 11 is 8.17. The molecule has 2 rings (SSSR count). The van der Waals surface area contributed by atoms with Gasteiger partial charge in [-0.15, -0.1) is 0 Å². The van der Waals surface area contributed by atoms with E-state index in [1.165, 1.54) is 0 Å². The Hall–Kier alpha value is -0.370. The Morgan fingerprint density at radius 2 is 2.15 bits per heavy atom. The molecule has 0 spiro atoms. The standard InChI is InChI=1S/C14H19ClIN3O/c15-12-10-11(2-3-13(12)16)14(20)18-4-1-7-19-8-5-17-6-9-19/h2-3,10,17H,1,4-9H2,(H,18,20). The lowest BCUT2D eigenvalue weighted by Gasteiger charge is -2.27. The fourth-order valence-electron chi connectivity index (χ4n) is 2.18. The van der Waals surface area contributed by atoms with Crippen LogP contribution >= 0.6 is 34.2 Å². The maximum absolute atomic E-state index is 12.0. The van der Waals surface area contributed by atoms with E-state index in [0.29, 0.717) is 17.1 Å². The molecular formula is C14H19ClIN3O. The van der Waals surface area contributed by atoms with Crippen LogP contribution in [0.2, 0.25) is 5.02 Å². The van der Waals surface area contributed by atoms with Crippen LogP contribution in [0.3, 0.4) is 0 Å². The molecule has 1 saturated heterocycles. The van der Waals surface area contributed by atoms with Gasteiger partial charge in [0.25, 0.3) is 5.91 Å². The summed E-state index contributed by atoms with van der Waals surface area (Å²) in [4.78, 5) is 14.4. The molecular weight excluding hydrogens is 389 g/mol. The molecule has 0 unspecified atom stereocenters. The first-order valence-corrected chi connectivity index (χ1v) is 8.29. The van der Waals surface area contributed by atoms with E-state index in [-0.39, 0.29) is 5.91 Å². The van der Waals surface area contributed by atoms with Gasteiger partial charge in [-0.2, -0.15) is 0 Å². The van der Waals surface area contributed by atoms with Crippen molar-refractivity contribution in [1.29, 1.82) is 0 Å². The Kier molecular flexibility index (Phi) is 6.54. The normalized spacial score (nSPS) is 16.1. The van der Waals surface area contributed by atoms with E-state index in [0.717, 1.165) is 42.7 Å².